The van der Waals surface area contributed by atoms with Crippen LogP contribution >= 0.6 is 0 Å². The SMILES string of the molecule is COc1cccc(NS(=O)(=O)c2ccc(OCC(=O)Nc3ccc(NC(C)=O)cc3)cc2)c1. The molecule has 3 rings (SSSR count). The fraction of sp³-hybridized carbons (Fsp3) is 0.130. The summed E-state index contributed by atoms with van der Waals surface area (Å²) < 4.78 is 38.2. The van der Waals surface area contributed by atoms with E-state index in [1.807, 2.05) is 0 Å². The van der Waals surface area contributed by atoms with Crippen LogP contribution in [0.1, 0.15) is 6.92 Å². The first-order chi connectivity index (χ1) is 15.7. The van der Waals surface area contributed by atoms with Crippen LogP contribution in [0.4, 0.5) is 17.1 Å². The van der Waals surface area contributed by atoms with Crippen molar-refractivity contribution in [3.05, 3.63) is 72.8 Å². The molecule has 0 saturated carbocycles. The van der Waals surface area contributed by atoms with Crippen molar-refractivity contribution in [1.29, 1.82) is 0 Å². The second-order valence-corrected chi connectivity index (χ2v) is 8.59. The van der Waals surface area contributed by atoms with E-state index >= 15 is 0 Å². The van der Waals surface area contributed by atoms with E-state index in [0.717, 1.165) is 0 Å². The number of rotatable bonds is 9. The van der Waals surface area contributed by atoms with Gasteiger partial charge >= 0.3 is 0 Å². The third-order valence-electron chi connectivity index (χ3n) is 4.31. The quantitative estimate of drug-likeness (QED) is 0.441. The third-order valence-corrected chi connectivity index (χ3v) is 5.71. The highest BCUT2D eigenvalue weighted by Gasteiger charge is 2.15. The first kappa shape index (κ1) is 23.6. The molecule has 0 aliphatic carbocycles. The summed E-state index contributed by atoms with van der Waals surface area (Å²) in [5.74, 6) is 0.293. The Morgan fingerprint density at radius 1 is 0.818 bits per heavy atom. The molecule has 0 fully saturated rings. The summed E-state index contributed by atoms with van der Waals surface area (Å²) in [6.45, 7) is 1.15. The van der Waals surface area contributed by atoms with Gasteiger partial charge in [0.1, 0.15) is 11.5 Å². The second kappa shape index (κ2) is 10.5. The summed E-state index contributed by atoms with van der Waals surface area (Å²) in [5.41, 5.74) is 1.53. The molecule has 0 saturated heterocycles. The minimum Gasteiger partial charge on any atom is -0.497 e. The van der Waals surface area contributed by atoms with Gasteiger partial charge in [-0.1, -0.05) is 6.07 Å². The molecule has 10 heteroatoms. The van der Waals surface area contributed by atoms with Crippen molar-refractivity contribution < 1.29 is 27.5 Å². The highest BCUT2D eigenvalue weighted by molar-refractivity contribution is 7.92. The van der Waals surface area contributed by atoms with E-state index in [1.54, 1.807) is 48.5 Å². The molecule has 9 nitrogen and oxygen atoms in total. The van der Waals surface area contributed by atoms with Gasteiger partial charge in [0.05, 0.1) is 17.7 Å². The molecule has 0 aliphatic rings. The van der Waals surface area contributed by atoms with E-state index in [4.69, 9.17) is 9.47 Å². The van der Waals surface area contributed by atoms with Crippen molar-refractivity contribution in [1.82, 2.24) is 0 Å². The monoisotopic (exact) mass is 469 g/mol. The number of ether oxygens (including phenoxy) is 2. The van der Waals surface area contributed by atoms with E-state index < -0.39 is 15.9 Å². The average molecular weight is 470 g/mol. The van der Waals surface area contributed by atoms with Crippen molar-refractivity contribution in [2.45, 2.75) is 11.8 Å². The lowest BCUT2D eigenvalue weighted by atomic mass is 10.2. The smallest absolute Gasteiger partial charge is 0.262 e. The second-order valence-electron chi connectivity index (χ2n) is 6.90. The predicted molar refractivity (Wildman–Crippen MR) is 125 cm³/mol. The normalized spacial score (nSPS) is 10.7. The van der Waals surface area contributed by atoms with Crippen LogP contribution in [0.15, 0.2) is 77.7 Å². The maximum atomic E-state index is 12.6. The fourth-order valence-corrected chi connectivity index (χ4v) is 3.85. The molecule has 2 amide bonds. The van der Waals surface area contributed by atoms with Gasteiger partial charge in [-0.2, -0.15) is 0 Å². The van der Waals surface area contributed by atoms with E-state index in [0.29, 0.717) is 28.6 Å². The van der Waals surface area contributed by atoms with Gasteiger partial charge in [-0.05, 0) is 60.7 Å². The molecule has 0 unspecified atom stereocenters. The van der Waals surface area contributed by atoms with Gasteiger partial charge in [-0.15, -0.1) is 0 Å². The number of benzene rings is 3. The lowest BCUT2D eigenvalue weighted by molar-refractivity contribution is -0.118. The number of anilines is 3. The zero-order valence-corrected chi connectivity index (χ0v) is 18.8. The van der Waals surface area contributed by atoms with Crippen LogP contribution in [0.5, 0.6) is 11.5 Å². The van der Waals surface area contributed by atoms with Gasteiger partial charge in [-0.25, -0.2) is 8.42 Å². The number of hydrogen-bond donors (Lipinski definition) is 3. The van der Waals surface area contributed by atoms with E-state index in [2.05, 4.69) is 15.4 Å². The summed E-state index contributed by atoms with van der Waals surface area (Å²) in [6.07, 6.45) is 0. The van der Waals surface area contributed by atoms with Crippen LogP contribution in [-0.4, -0.2) is 33.9 Å². The summed E-state index contributed by atoms with van der Waals surface area (Å²) in [7, 11) is -2.31. The van der Waals surface area contributed by atoms with Gasteiger partial charge in [0.15, 0.2) is 6.61 Å². The molecular formula is C23H23N3O6S. The molecule has 0 atom stereocenters. The molecule has 0 radical (unpaired) electrons. The Kier molecular flexibility index (Phi) is 7.52. The Morgan fingerprint density at radius 3 is 2.06 bits per heavy atom. The van der Waals surface area contributed by atoms with Gasteiger partial charge in [0.25, 0.3) is 15.9 Å². The number of sulfonamides is 1. The van der Waals surface area contributed by atoms with Crippen LogP contribution in [0.25, 0.3) is 0 Å². The topological polar surface area (TPSA) is 123 Å². The zero-order valence-electron chi connectivity index (χ0n) is 18.0. The van der Waals surface area contributed by atoms with Crippen molar-refractivity contribution in [3.8, 4) is 11.5 Å². The van der Waals surface area contributed by atoms with E-state index in [-0.39, 0.29) is 17.4 Å². The van der Waals surface area contributed by atoms with Crippen molar-refractivity contribution in [2.75, 3.05) is 29.1 Å². The Bertz CT molecular complexity index is 1230. The van der Waals surface area contributed by atoms with Gasteiger partial charge in [0.2, 0.25) is 5.91 Å². The third kappa shape index (κ3) is 6.97. The fourth-order valence-electron chi connectivity index (χ4n) is 2.80. The van der Waals surface area contributed by atoms with Gasteiger partial charge in [0, 0.05) is 24.4 Å². The first-order valence-electron chi connectivity index (χ1n) is 9.82. The first-order valence-corrected chi connectivity index (χ1v) is 11.3. The number of methoxy groups -OCH3 is 1. The number of carbonyl (C=O) groups excluding carboxylic acids is 2. The minimum absolute atomic E-state index is 0.0429. The molecule has 3 aromatic rings. The lowest BCUT2D eigenvalue weighted by Gasteiger charge is -2.11. The molecule has 0 heterocycles. The Balaban J connectivity index is 1.54. The number of carbonyl (C=O) groups is 2. The largest absolute Gasteiger partial charge is 0.497 e. The summed E-state index contributed by atoms with van der Waals surface area (Å²) in [4.78, 5) is 23.2. The Morgan fingerprint density at radius 2 is 1.45 bits per heavy atom. The lowest BCUT2D eigenvalue weighted by Crippen LogP contribution is -2.20. The summed E-state index contributed by atoms with van der Waals surface area (Å²) >= 11 is 0. The zero-order chi connectivity index (χ0) is 23.8. The van der Waals surface area contributed by atoms with Crippen molar-refractivity contribution in [2.24, 2.45) is 0 Å². The van der Waals surface area contributed by atoms with E-state index in [9.17, 15) is 18.0 Å². The molecule has 172 valence electrons. The van der Waals surface area contributed by atoms with Gasteiger partial charge < -0.3 is 20.1 Å². The van der Waals surface area contributed by atoms with Crippen molar-refractivity contribution in [3.63, 3.8) is 0 Å². The van der Waals surface area contributed by atoms with Crippen LogP contribution in [-0.2, 0) is 19.6 Å². The minimum atomic E-state index is -3.80. The molecule has 0 aromatic heterocycles. The molecular weight excluding hydrogens is 446 g/mol. The summed E-state index contributed by atoms with van der Waals surface area (Å²) in [5, 5.41) is 5.31. The number of amides is 2. The van der Waals surface area contributed by atoms with Crippen LogP contribution in [0.3, 0.4) is 0 Å². The highest BCUT2D eigenvalue weighted by Crippen LogP contribution is 2.22. The Hall–Kier alpha value is -4.05. The van der Waals surface area contributed by atoms with Crippen LogP contribution < -0.4 is 24.8 Å². The van der Waals surface area contributed by atoms with E-state index in [1.165, 1.54) is 38.3 Å². The molecule has 0 aliphatic heterocycles. The van der Waals surface area contributed by atoms with Crippen LogP contribution in [0.2, 0.25) is 0 Å². The molecule has 0 spiro atoms. The standard InChI is InChI=1S/C23H23N3O6S/c1-16(27)24-17-6-8-18(9-7-17)25-23(28)15-32-20-10-12-22(13-11-20)33(29,30)26-19-4-3-5-21(14-19)31-2/h3-14,26H,15H2,1-2H3,(H,24,27)(H,25,28). The van der Waals surface area contributed by atoms with Crippen LogP contribution in [0, 0.1) is 0 Å². The number of hydrogen-bond acceptors (Lipinski definition) is 6. The van der Waals surface area contributed by atoms with Crippen molar-refractivity contribution >= 4 is 38.9 Å². The molecule has 3 aromatic carbocycles. The molecule has 33 heavy (non-hydrogen) atoms. The molecule has 3 N–H and O–H groups in total. The Labute approximate surface area is 191 Å². The predicted octanol–water partition coefficient (Wildman–Crippen LogP) is 3.47. The van der Waals surface area contributed by atoms with Gasteiger partial charge in [-0.3, -0.25) is 14.3 Å². The number of nitrogens with one attached hydrogen (secondary N) is 3. The highest BCUT2D eigenvalue weighted by atomic mass is 32.2. The maximum absolute atomic E-state index is 12.6. The average Bonchev–Trinajstić information content (AvgIpc) is 2.79. The molecule has 0 bridgehead atoms. The summed E-state index contributed by atoms with van der Waals surface area (Å²) in [6, 6.07) is 18.9. The maximum Gasteiger partial charge on any atom is 0.262 e.